The van der Waals surface area contributed by atoms with E-state index in [9.17, 15) is 4.79 Å². The Kier molecular flexibility index (Phi) is 4.79. The number of hydrogen-bond donors (Lipinski definition) is 2. The first-order chi connectivity index (χ1) is 13.7. The first kappa shape index (κ1) is 17.4. The third-order valence-electron chi connectivity index (χ3n) is 3.91. The van der Waals surface area contributed by atoms with Crippen LogP contribution in [0.25, 0.3) is 11.4 Å². The van der Waals surface area contributed by atoms with E-state index in [1.165, 1.54) is 0 Å². The van der Waals surface area contributed by atoms with Crippen molar-refractivity contribution in [2.45, 2.75) is 6.92 Å². The van der Waals surface area contributed by atoms with Crippen molar-refractivity contribution in [1.82, 2.24) is 15.1 Å². The summed E-state index contributed by atoms with van der Waals surface area (Å²) in [5, 5.41) is 9.69. The van der Waals surface area contributed by atoms with Gasteiger partial charge in [0.2, 0.25) is 0 Å². The van der Waals surface area contributed by atoms with Gasteiger partial charge in [0.1, 0.15) is 17.3 Å². The average Bonchev–Trinajstić information content (AvgIpc) is 3.14. The van der Waals surface area contributed by atoms with Gasteiger partial charge in [0, 0.05) is 23.4 Å². The lowest BCUT2D eigenvalue weighted by Gasteiger charge is -2.10. The van der Waals surface area contributed by atoms with Crippen LogP contribution in [-0.4, -0.2) is 21.0 Å². The molecule has 2 N–H and O–H groups in total. The molecule has 2 aromatic carbocycles. The molecule has 0 fully saturated rings. The van der Waals surface area contributed by atoms with Crippen LogP contribution in [0.1, 0.15) is 16.2 Å². The highest BCUT2D eigenvalue weighted by Crippen LogP contribution is 2.21. The molecule has 0 radical (unpaired) electrons. The van der Waals surface area contributed by atoms with Crippen LogP contribution in [0.5, 0.6) is 0 Å². The molecular weight excluding hydrogens is 354 g/mol. The van der Waals surface area contributed by atoms with E-state index in [1.807, 2.05) is 60.7 Å². The van der Waals surface area contributed by atoms with Gasteiger partial charge in [-0.15, -0.1) is 0 Å². The predicted octanol–water partition coefficient (Wildman–Crippen LogP) is 4.44. The number of nitrogens with zero attached hydrogens (tertiary/aromatic N) is 3. The molecule has 4 aromatic rings. The first-order valence-electron chi connectivity index (χ1n) is 8.68. The first-order valence-corrected chi connectivity index (χ1v) is 8.68. The Hall–Kier alpha value is -4.00. The Morgan fingerprint density at radius 1 is 0.893 bits per heavy atom. The van der Waals surface area contributed by atoms with E-state index >= 15 is 0 Å². The fraction of sp³-hybridized carbons (Fsp3) is 0.0476. The van der Waals surface area contributed by atoms with Crippen LogP contribution < -0.4 is 10.6 Å². The van der Waals surface area contributed by atoms with Gasteiger partial charge in [0.25, 0.3) is 5.91 Å². The summed E-state index contributed by atoms with van der Waals surface area (Å²) in [5.41, 5.74) is 1.89. The number of amides is 1. The third-order valence-corrected chi connectivity index (χ3v) is 3.91. The maximum absolute atomic E-state index is 12.7. The topological polar surface area (TPSA) is 92.9 Å². The van der Waals surface area contributed by atoms with Gasteiger partial charge < -0.3 is 15.2 Å². The summed E-state index contributed by atoms with van der Waals surface area (Å²) in [6.07, 6.45) is 0. The summed E-state index contributed by atoms with van der Waals surface area (Å²) in [5.74, 6) is 1.50. The second-order valence-electron chi connectivity index (χ2n) is 6.10. The number of carbonyl (C=O) groups excluding carboxylic acids is 1. The van der Waals surface area contributed by atoms with Gasteiger partial charge in [0.05, 0.1) is 0 Å². The zero-order valence-corrected chi connectivity index (χ0v) is 15.1. The summed E-state index contributed by atoms with van der Waals surface area (Å²) in [7, 11) is 0. The molecule has 0 aliphatic carbocycles. The molecule has 0 saturated carbocycles. The number of benzene rings is 2. The quantitative estimate of drug-likeness (QED) is 0.539. The van der Waals surface area contributed by atoms with E-state index in [0.717, 1.165) is 11.3 Å². The van der Waals surface area contributed by atoms with Crippen molar-refractivity contribution in [2.24, 2.45) is 0 Å². The molecule has 1 amide bonds. The van der Waals surface area contributed by atoms with Gasteiger partial charge in [0.15, 0.2) is 11.6 Å². The normalized spacial score (nSPS) is 10.5. The molecule has 0 spiro atoms. The summed E-state index contributed by atoms with van der Waals surface area (Å²) in [6.45, 7) is 1.75. The van der Waals surface area contributed by atoms with Crippen molar-refractivity contribution in [2.75, 3.05) is 10.6 Å². The zero-order chi connectivity index (χ0) is 19.3. The SMILES string of the molecule is Cc1cc(NC(=O)c2cc(Nc3ccccc3)nc(-c3ccccc3)n2)no1. The number of carbonyl (C=O) groups is 1. The molecule has 28 heavy (non-hydrogen) atoms. The minimum absolute atomic E-state index is 0.216. The Balaban J connectivity index is 1.70. The van der Waals surface area contributed by atoms with Gasteiger partial charge >= 0.3 is 0 Å². The number of para-hydroxylation sites is 1. The van der Waals surface area contributed by atoms with E-state index in [0.29, 0.717) is 23.2 Å². The summed E-state index contributed by atoms with van der Waals surface area (Å²) >= 11 is 0. The fourth-order valence-corrected chi connectivity index (χ4v) is 2.62. The Morgan fingerprint density at radius 2 is 1.61 bits per heavy atom. The van der Waals surface area contributed by atoms with E-state index < -0.39 is 5.91 Å². The highest BCUT2D eigenvalue weighted by atomic mass is 16.5. The number of aromatic nitrogens is 3. The van der Waals surface area contributed by atoms with Crippen LogP contribution in [0, 0.1) is 6.92 Å². The molecule has 0 aliphatic rings. The molecule has 0 unspecified atom stereocenters. The number of rotatable bonds is 5. The minimum atomic E-state index is -0.399. The number of aryl methyl sites for hydroxylation is 1. The van der Waals surface area contributed by atoms with Crippen LogP contribution in [0.15, 0.2) is 77.3 Å². The molecule has 7 heteroatoms. The van der Waals surface area contributed by atoms with Crippen molar-refractivity contribution >= 4 is 23.2 Å². The van der Waals surface area contributed by atoms with Crippen molar-refractivity contribution in [1.29, 1.82) is 0 Å². The summed E-state index contributed by atoms with van der Waals surface area (Å²) in [6, 6.07) is 22.3. The van der Waals surface area contributed by atoms with E-state index in [1.54, 1.807) is 19.1 Å². The highest BCUT2D eigenvalue weighted by Gasteiger charge is 2.15. The van der Waals surface area contributed by atoms with Crippen LogP contribution in [0.2, 0.25) is 0 Å². The van der Waals surface area contributed by atoms with E-state index in [2.05, 4.69) is 25.8 Å². The second-order valence-corrected chi connectivity index (χ2v) is 6.10. The molecule has 138 valence electrons. The fourth-order valence-electron chi connectivity index (χ4n) is 2.62. The molecule has 0 atom stereocenters. The summed E-state index contributed by atoms with van der Waals surface area (Å²) < 4.78 is 4.99. The summed E-state index contributed by atoms with van der Waals surface area (Å²) in [4.78, 5) is 21.7. The van der Waals surface area contributed by atoms with Gasteiger partial charge in [-0.3, -0.25) is 4.79 Å². The van der Waals surface area contributed by atoms with Crippen LogP contribution in [-0.2, 0) is 0 Å². The van der Waals surface area contributed by atoms with Crippen LogP contribution >= 0.6 is 0 Å². The van der Waals surface area contributed by atoms with Gasteiger partial charge in [-0.1, -0.05) is 53.7 Å². The van der Waals surface area contributed by atoms with Gasteiger partial charge in [-0.2, -0.15) is 0 Å². The van der Waals surface area contributed by atoms with E-state index in [-0.39, 0.29) is 5.69 Å². The lowest BCUT2D eigenvalue weighted by Crippen LogP contribution is -2.15. The lowest BCUT2D eigenvalue weighted by atomic mass is 10.2. The smallest absolute Gasteiger partial charge is 0.275 e. The maximum atomic E-state index is 12.7. The highest BCUT2D eigenvalue weighted by molar-refractivity contribution is 6.03. The minimum Gasteiger partial charge on any atom is -0.360 e. The molecule has 0 aliphatic heterocycles. The Labute approximate surface area is 161 Å². The van der Waals surface area contributed by atoms with Crippen molar-refractivity contribution < 1.29 is 9.32 Å². The lowest BCUT2D eigenvalue weighted by molar-refractivity contribution is 0.102. The molecule has 7 nitrogen and oxygen atoms in total. The van der Waals surface area contributed by atoms with Gasteiger partial charge in [-0.25, -0.2) is 9.97 Å². The van der Waals surface area contributed by atoms with E-state index in [4.69, 9.17) is 4.52 Å². The second kappa shape index (κ2) is 7.71. The standard InChI is InChI=1S/C21H17N5O2/c1-14-12-19(26-28-14)25-21(27)17-13-18(22-16-10-6-3-7-11-16)24-20(23-17)15-8-4-2-5-9-15/h2-13H,1H3,(H,22,23,24)(H,25,26,27). The van der Waals surface area contributed by atoms with Crippen molar-refractivity contribution in [3.8, 4) is 11.4 Å². The van der Waals surface area contributed by atoms with Crippen molar-refractivity contribution in [3.05, 3.63) is 84.3 Å². The number of anilines is 3. The van der Waals surface area contributed by atoms with Crippen LogP contribution in [0.3, 0.4) is 0 Å². The molecule has 0 bridgehead atoms. The average molecular weight is 371 g/mol. The molecule has 2 heterocycles. The van der Waals surface area contributed by atoms with Crippen LogP contribution in [0.4, 0.5) is 17.3 Å². The predicted molar refractivity (Wildman–Crippen MR) is 106 cm³/mol. The Morgan fingerprint density at radius 3 is 2.29 bits per heavy atom. The molecule has 2 aromatic heterocycles. The largest absolute Gasteiger partial charge is 0.360 e. The Bertz CT molecular complexity index is 1090. The maximum Gasteiger partial charge on any atom is 0.275 e. The van der Waals surface area contributed by atoms with Gasteiger partial charge in [-0.05, 0) is 19.1 Å². The molecule has 0 saturated heterocycles. The number of nitrogens with one attached hydrogen (secondary N) is 2. The monoisotopic (exact) mass is 371 g/mol. The molecule has 4 rings (SSSR count). The third kappa shape index (κ3) is 4.04. The molecular formula is C21H17N5O2. The number of hydrogen-bond acceptors (Lipinski definition) is 6. The zero-order valence-electron chi connectivity index (χ0n) is 15.1. The van der Waals surface area contributed by atoms with Crippen molar-refractivity contribution in [3.63, 3.8) is 0 Å².